The quantitative estimate of drug-likeness (QED) is 0.122. The molecule has 8 heteroatoms. The van der Waals surface area contributed by atoms with E-state index in [0.29, 0.717) is 12.5 Å². The highest BCUT2D eigenvalue weighted by Gasteiger charge is 2.06. The predicted molar refractivity (Wildman–Crippen MR) is 131 cm³/mol. The van der Waals surface area contributed by atoms with Crippen molar-refractivity contribution < 1.29 is 24.4 Å². The zero-order chi connectivity index (χ0) is 22.2. The summed E-state index contributed by atoms with van der Waals surface area (Å²) in [5.74, 6) is 4.01. The van der Waals surface area contributed by atoms with Crippen molar-refractivity contribution >= 4 is 31.3 Å². The van der Waals surface area contributed by atoms with E-state index < -0.39 is 7.82 Å². The van der Waals surface area contributed by atoms with Crippen LogP contribution in [-0.2, 0) is 4.57 Å². The SMILES string of the molecule is CCCCCCCCCCCCCCCCSCC(CO)CSC.O=P(O)(O)O. The maximum atomic E-state index is 9.26. The molecular weight excluding hydrogens is 427 g/mol. The van der Waals surface area contributed by atoms with Crippen molar-refractivity contribution in [1.82, 2.24) is 0 Å². The van der Waals surface area contributed by atoms with E-state index in [9.17, 15) is 5.11 Å². The van der Waals surface area contributed by atoms with Crippen LogP contribution in [0.5, 0.6) is 0 Å². The molecule has 0 spiro atoms. The Morgan fingerprint density at radius 2 is 1.10 bits per heavy atom. The van der Waals surface area contributed by atoms with Crippen molar-refractivity contribution in [2.75, 3.05) is 30.1 Å². The summed E-state index contributed by atoms with van der Waals surface area (Å²) in [6.45, 7) is 2.64. The number of thioether (sulfide) groups is 2. The van der Waals surface area contributed by atoms with Gasteiger partial charge < -0.3 is 19.8 Å². The van der Waals surface area contributed by atoms with Gasteiger partial charge in [0.25, 0.3) is 0 Å². The summed E-state index contributed by atoms with van der Waals surface area (Å²) in [5.41, 5.74) is 0. The number of phosphoric acid groups is 1. The molecule has 0 radical (unpaired) electrons. The minimum Gasteiger partial charge on any atom is -0.396 e. The summed E-state index contributed by atoms with van der Waals surface area (Å²) >= 11 is 3.89. The van der Waals surface area contributed by atoms with Gasteiger partial charge in [-0.3, -0.25) is 0 Å². The molecule has 0 aromatic carbocycles. The average molecular weight is 475 g/mol. The molecule has 29 heavy (non-hydrogen) atoms. The van der Waals surface area contributed by atoms with E-state index in [1.54, 1.807) is 0 Å². The van der Waals surface area contributed by atoms with Crippen molar-refractivity contribution in [2.45, 2.75) is 96.8 Å². The number of hydrogen-bond acceptors (Lipinski definition) is 4. The molecule has 0 aliphatic rings. The zero-order valence-corrected chi connectivity index (χ0v) is 21.3. The minimum absolute atomic E-state index is 0.354. The second-order valence-corrected chi connectivity index (χ2v) is 10.8. The normalized spacial score (nSPS) is 12.5. The van der Waals surface area contributed by atoms with Crippen molar-refractivity contribution in [3.05, 3.63) is 0 Å². The maximum absolute atomic E-state index is 9.26. The average Bonchev–Trinajstić information content (AvgIpc) is 2.65. The molecule has 0 amide bonds. The maximum Gasteiger partial charge on any atom is 0.466 e. The summed E-state index contributed by atoms with van der Waals surface area (Å²) in [5, 5.41) is 9.26. The van der Waals surface area contributed by atoms with Crippen LogP contribution < -0.4 is 0 Å². The largest absolute Gasteiger partial charge is 0.466 e. The number of aliphatic hydroxyl groups is 1. The van der Waals surface area contributed by atoms with Crippen LogP contribution in [0.1, 0.15) is 96.8 Å². The number of unbranched alkanes of at least 4 members (excludes halogenated alkanes) is 13. The van der Waals surface area contributed by atoms with Crippen molar-refractivity contribution in [3.63, 3.8) is 0 Å². The lowest BCUT2D eigenvalue weighted by Crippen LogP contribution is -2.12. The summed E-state index contributed by atoms with van der Waals surface area (Å²) in [4.78, 5) is 21.6. The molecule has 178 valence electrons. The molecule has 0 aliphatic carbocycles. The van der Waals surface area contributed by atoms with Gasteiger partial charge in [0.05, 0.1) is 0 Å². The molecule has 1 atom stereocenters. The highest BCUT2D eigenvalue weighted by atomic mass is 32.2. The topological polar surface area (TPSA) is 98.0 Å². The Bertz CT molecular complexity index is 348. The predicted octanol–water partition coefficient (Wildman–Crippen LogP) is 6.24. The van der Waals surface area contributed by atoms with Gasteiger partial charge in [0, 0.05) is 12.5 Å². The van der Waals surface area contributed by atoms with Crippen LogP contribution in [-0.4, -0.2) is 49.9 Å². The fraction of sp³-hybridized carbons (Fsp3) is 1.00. The van der Waals surface area contributed by atoms with Gasteiger partial charge in [-0.05, 0) is 29.9 Å². The lowest BCUT2D eigenvalue weighted by molar-refractivity contribution is 0.253. The summed E-state index contributed by atoms with van der Waals surface area (Å²) in [6.07, 6.45) is 22.2. The van der Waals surface area contributed by atoms with Crippen molar-refractivity contribution in [2.24, 2.45) is 5.92 Å². The third-order valence-corrected chi connectivity index (χ3v) is 6.75. The van der Waals surface area contributed by atoms with E-state index in [1.807, 2.05) is 23.5 Å². The lowest BCUT2D eigenvalue weighted by Gasteiger charge is -2.11. The van der Waals surface area contributed by atoms with Crippen LogP contribution in [0.25, 0.3) is 0 Å². The van der Waals surface area contributed by atoms with Crippen LogP contribution in [0.4, 0.5) is 0 Å². The number of hydrogen-bond donors (Lipinski definition) is 4. The molecule has 0 aromatic rings. The molecule has 0 saturated carbocycles. The fourth-order valence-electron chi connectivity index (χ4n) is 3.04. The summed E-state index contributed by atoms with van der Waals surface area (Å²) in [6, 6.07) is 0. The fourth-order valence-corrected chi connectivity index (χ4v) is 5.01. The smallest absolute Gasteiger partial charge is 0.396 e. The highest BCUT2D eigenvalue weighted by Crippen LogP contribution is 2.25. The van der Waals surface area contributed by atoms with Crippen LogP contribution in [0, 0.1) is 5.92 Å². The molecule has 0 fully saturated rings. The Morgan fingerprint density at radius 3 is 1.45 bits per heavy atom. The third kappa shape index (κ3) is 36.5. The minimum atomic E-state index is -4.64. The van der Waals surface area contributed by atoms with Gasteiger partial charge in [0.2, 0.25) is 0 Å². The van der Waals surface area contributed by atoms with Gasteiger partial charge in [0.15, 0.2) is 0 Å². The Hall–Kier alpha value is 0.770. The first-order valence-corrected chi connectivity index (χ1v) is 15.4. The van der Waals surface area contributed by atoms with Crippen LogP contribution in [0.3, 0.4) is 0 Å². The zero-order valence-electron chi connectivity index (χ0n) is 18.8. The first-order chi connectivity index (χ1) is 13.8. The molecule has 1 unspecified atom stereocenters. The standard InChI is InChI=1S/C21H44OS2.H3O4P/c1-3-4-5-6-7-8-9-10-11-12-13-14-15-16-17-24-20-21(18-22)19-23-2;1-5(2,3)4/h21-22H,3-20H2,1-2H3;(H3,1,2,3,4). The molecule has 0 bridgehead atoms. The molecule has 0 saturated heterocycles. The lowest BCUT2D eigenvalue weighted by atomic mass is 10.0. The Morgan fingerprint density at radius 1 is 0.724 bits per heavy atom. The van der Waals surface area contributed by atoms with Gasteiger partial charge in [-0.15, -0.1) is 0 Å². The monoisotopic (exact) mass is 474 g/mol. The molecule has 0 rings (SSSR count). The summed E-state index contributed by atoms with van der Waals surface area (Å²) < 4.78 is 8.88. The number of rotatable bonds is 20. The first-order valence-electron chi connectivity index (χ1n) is 11.3. The first kappa shape index (κ1) is 32.0. The van der Waals surface area contributed by atoms with Crippen LogP contribution >= 0.6 is 31.3 Å². The van der Waals surface area contributed by atoms with Crippen molar-refractivity contribution in [1.29, 1.82) is 0 Å². The van der Waals surface area contributed by atoms with E-state index in [4.69, 9.17) is 19.2 Å². The van der Waals surface area contributed by atoms with Gasteiger partial charge in [-0.1, -0.05) is 90.4 Å². The molecule has 5 nitrogen and oxygen atoms in total. The van der Waals surface area contributed by atoms with Gasteiger partial charge >= 0.3 is 7.82 Å². The molecule has 0 aliphatic heterocycles. The van der Waals surface area contributed by atoms with Gasteiger partial charge in [-0.2, -0.15) is 23.5 Å². The third-order valence-electron chi connectivity index (χ3n) is 4.66. The van der Waals surface area contributed by atoms with Gasteiger partial charge in [0.1, 0.15) is 0 Å². The highest BCUT2D eigenvalue weighted by molar-refractivity contribution is 7.99. The molecule has 0 aromatic heterocycles. The molecule has 0 heterocycles. The Balaban J connectivity index is 0. The van der Waals surface area contributed by atoms with Crippen LogP contribution in [0.2, 0.25) is 0 Å². The second-order valence-electron chi connectivity index (χ2n) is 7.69. The van der Waals surface area contributed by atoms with E-state index in [0.717, 1.165) is 11.5 Å². The van der Waals surface area contributed by atoms with Crippen LogP contribution in [0.15, 0.2) is 0 Å². The van der Waals surface area contributed by atoms with E-state index in [2.05, 4.69) is 13.2 Å². The van der Waals surface area contributed by atoms with Gasteiger partial charge in [-0.25, -0.2) is 4.57 Å². The molecular formula is C21H47O5PS2. The number of aliphatic hydroxyl groups excluding tert-OH is 1. The Kier molecular flexibility index (Phi) is 27.6. The summed E-state index contributed by atoms with van der Waals surface area (Å²) in [7, 11) is -4.64. The second kappa shape index (κ2) is 25.0. The van der Waals surface area contributed by atoms with Crippen molar-refractivity contribution in [3.8, 4) is 0 Å². The van der Waals surface area contributed by atoms with E-state index >= 15 is 0 Å². The Labute approximate surface area is 188 Å². The van der Waals surface area contributed by atoms with E-state index in [1.165, 1.54) is 95.6 Å². The molecule has 4 N–H and O–H groups in total. The van der Waals surface area contributed by atoms with E-state index in [-0.39, 0.29) is 0 Å².